The third kappa shape index (κ3) is 4.23. The van der Waals surface area contributed by atoms with E-state index in [0.717, 1.165) is 5.56 Å². The molecule has 0 aliphatic rings. The fraction of sp³-hybridized carbons (Fsp3) is 0.316. The van der Waals surface area contributed by atoms with Gasteiger partial charge in [-0.15, -0.1) is 0 Å². The highest BCUT2D eigenvalue weighted by atomic mass is 32.2. The Morgan fingerprint density at radius 3 is 2.23 bits per heavy atom. The number of nitrogens with zero attached hydrogens (tertiary/aromatic N) is 1. The number of nitrogens with one attached hydrogen (secondary N) is 1. The van der Waals surface area contributed by atoms with Gasteiger partial charge in [0.15, 0.2) is 0 Å². The van der Waals surface area contributed by atoms with Crippen molar-refractivity contribution in [3.63, 3.8) is 0 Å². The number of methoxy groups -OCH3 is 1. The van der Waals surface area contributed by atoms with Crippen LogP contribution in [0.5, 0.6) is 5.75 Å². The van der Waals surface area contributed by atoms with Crippen molar-refractivity contribution in [1.82, 2.24) is 4.31 Å². The van der Waals surface area contributed by atoms with Gasteiger partial charge in [-0.2, -0.15) is 4.31 Å². The number of carbonyl (C=O) groups is 1. The highest BCUT2D eigenvalue weighted by Crippen LogP contribution is 2.24. The number of carbonyl (C=O) groups excluding carboxylic acids is 1. The molecule has 0 fully saturated rings. The summed E-state index contributed by atoms with van der Waals surface area (Å²) in [7, 11) is -2.03. The molecule has 0 saturated carbocycles. The maximum atomic E-state index is 12.7. The Hall–Kier alpha value is -2.38. The van der Waals surface area contributed by atoms with Crippen molar-refractivity contribution in [2.45, 2.75) is 25.7 Å². The molecule has 0 saturated heterocycles. The van der Waals surface area contributed by atoms with Crippen LogP contribution in [0.1, 0.15) is 29.8 Å². The molecule has 2 aromatic rings. The summed E-state index contributed by atoms with van der Waals surface area (Å²) in [4.78, 5) is 12.6. The van der Waals surface area contributed by atoms with Gasteiger partial charge >= 0.3 is 0 Å². The molecule has 0 aliphatic heterocycles. The van der Waals surface area contributed by atoms with Crippen molar-refractivity contribution in [2.24, 2.45) is 0 Å². The first kappa shape index (κ1) is 19.9. The minimum absolute atomic E-state index is 0.164. The van der Waals surface area contributed by atoms with E-state index in [9.17, 15) is 13.2 Å². The number of benzene rings is 2. The van der Waals surface area contributed by atoms with Gasteiger partial charge in [0.1, 0.15) is 5.75 Å². The van der Waals surface area contributed by atoms with Gasteiger partial charge in [-0.1, -0.05) is 19.9 Å². The van der Waals surface area contributed by atoms with Crippen LogP contribution in [0.3, 0.4) is 0 Å². The van der Waals surface area contributed by atoms with E-state index in [1.807, 2.05) is 6.92 Å². The molecule has 26 heavy (non-hydrogen) atoms. The summed E-state index contributed by atoms with van der Waals surface area (Å²) in [6, 6.07) is 11.5. The van der Waals surface area contributed by atoms with Crippen LogP contribution in [-0.4, -0.2) is 38.8 Å². The molecule has 6 nitrogen and oxygen atoms in total. The number of amides is 1. The molecular weight excluding hydrogens is 352 g/mol. The van der Waals surface area contributed by atoms with Gasteiger partial charge in [0.2, 0.25) is 10.0 Å². The lowest BCUT2D eigenvalue weighted by atomic mass is 10.1. The lowest BCUT2D eigenvalue weighted by Crippen LogP contribution is -2.30. The second kappa shape index (κ2) is 8.33. The Balaban J connectivity index is 2.31. The Bertz CT molecular complexity index is 873. The molecule has 1 amide bonds. The van der Waals surface area contributed by atoms with E-state index < -0.39 is 10.0 Å². The number of rotatable bonds is 7. The predicted molar refractivity (Wildman–Crippen MR) is 102 cm³/mol. The Labute approximate surface area is 154 Å². The fourth-order valence-corrected chi connectivity index (χ4v) is 4.03. The molecule has 1 N–H and O–H groups in total. The van der Waals surface area contributed by atoms with Crippen LogP contribution in [0.25, 0.3) is 0 Å². The van der Waals surface area contributed by atoms with Crippen LogP contribution < -0.4 is 10.1 Å². The van der Waals surface area contributed by atoms with Gasteiger partial charge < -0.3 is 10.1 Å². The lowest BCUT2D eigenvalue weighted by Gasteiger charge is -2.19. The standard InChI is InChI=1S/C19H24N2O4S/c1-5-21(6-2)26(23,24)17-12-7-14(3)18(13-17)20-19(22)15-8-10-16(25-4)11-9-15/h7-13H,5-6H2,1-4H3,(H,20,22). The molecule has 0 heterocycles. The molecule has 0 spiro atoms. The van der Waals surface area contributed by atoms with Crippen LogP contribution in [-0.2, 0) is 10.0 Å². The number of aryl methyl sites for hydroxylation is 1. The van der Waals surface area contributed by atoms with E-state index in [-0.39, 0.29) is 10.8 Å². The quantitative estimate of drug-likeness (QED) is 0.805. The molecule has 0 aliphatic carbocycles. The molecule has 140 valence electrons. The number of ether oxygens (including phenoxy) is 1. The minimum atomic E-state index is -3.58. The third-order valence-corrected chi connectivity index (χ3v) is 6.20. The van der Waals surface area contributed by atoms with Gasteiger partial charge in [-0.3, -0.25) is 4.79 Å². The average Bonchev–Trinajstić information content (AvgIpc) is 2.64. The van der Waals surface area contributed by atoms with E-state index in [2.05, 4.69) is 5.32 Å². The zero-order valence-corrected chi connectivity index (χ0v) is 16.3. The van der Waals surface area contributed by atoms with Gasteiger partial charge in [-0.25, -0.2) is 8.42 Å². The summed E-state index contributed by atoms with van der Waals surface area (Å²) in [5.41, 5.74) is 1.71. The fourth-order valence-electron chi connectivity index (χ4n) is 2.55. The number of sulfonamides is 1. The monoisotopic (exact) mass is 376 g/mol. The first-order chi connectivity index (χ1) is 12.3. The topological polar surface area (TPSA) is 75.7 Å². The van der Waals surface area contributed by atoms with Crippen molar-refractivity contribution in [2.75, 3.05) is 25.5 Å². The second-order valence-electron chi connectivity index (χ2n) is 5.75. The van der Waals surface area contributed by atoms with Gasteiger partial charge in [0, 0.05) is 24.3 Å². The second-order valence-corrected chi connectivity index (χ2v) is 7.69. The Morgan fingerprint density at radius 2 is 1.69 bits per heavy atom. The van der Waals surface area contributed by atoms with Crippen molar-refractivity contribution in [1.29, 1.82) is 0 Å². The van der Waals surface area contributed by atoms with E-state index in [0.29, 0.717) is 30.1 Å². The van der Waals surface area contributed by atoms with Crippen molar-refractivity contribution in [3.05, 3.63) is 53.6 Å². The Kier molecular flexibility index (Phi) is 6.39. The number of hydrogen-bond donors (Lipinski definition) is 1. The largest absolute Gasteiger partial charge is 0.497 e. The van der Waals surface area contributed by atoms with Crippen LogP contribution >= 0.6 is 0 Å². The maximum Gasteiger partial charge on any atom is 0.255 e. The van der Waals surface area contributed by atoms with Crippen molar-refractivity contribution in [3.8, 4) is 5.75 Å². The molecule has 0 atom stereocenters. The van der Waals surface area contributed by atoms with Crippen LogP contribution in [0.2, 0.25) is 0 Å². The summed E-state index contributed by atoms with van der Waals surface area (Å²) in [5, 5.41) is 2.79. The van der Waals surface area contributed by atoms with E-state index in [4.69, 9.17) is 4.74 Å². The summed E-state index contributed by atoms with van der Waals surface area (Å²) in [5.74, 6) is 0.346. The zero-order valence-electron chi connectivity index (χ0n) is 15.4. The molecule has 0 aromatic heterocycles. The first-order valence-corrected chi connectivity index (χ1v) is 9.83. The minimum Gasteiger partial charge on any atom is -0.497 e. The molecule has 7 heteroatoms. The summed E-state index contributed by atoms with van der Waals surface area (Å²) in [6.07, 6.45) is 0. The summed E-state index contributed by atoms with van der Waals surface area (Å²) < 4.78 is 31.8. The van der Waals surface area contributed by atoms with E-state index in [1.54, 1.807) is 57.4 Å². The smallest absolute Gasteiger partial charge is 0.255 e. The Morgan fingerprint density at radius 1 is 1.08 bits per heavy atom. The molecule has 0 unspecified atom stereocenters. The van der Waals surface area contributed by atoms with Crippen LogP contribution in [0.4, 0.5) is 5.69 Å². The maximum absolute atomic E-state index is 12.7. The lowest BCUT2D eigenvalue weighted by molar-refractivity contribution is 0.102. The first-order valence-electron chi connectivity index (χ1n) is 8.39. The molecule has 2 rings (SSSR count). The highest BCUT2D eigenvalue weighted by Gasteiger charge is 2.22. The summed E-state index contributed by atoms with van der Waals surface area (Å²) >= 11 is 0. The van der Waals surface area contributed by atoms with Crippen LogP contribution in [0, 0.1) is 6.92 Å². The normalized spacial score (nSPS) is 11.4. The van der Waals surface area contributed by atoms with E-state index >= 15 is 0 Å². The average molecular weight is 376 g/mol. The SMILES string of the molecule is CCN(CC)S(=O)(=O)c1ccc(C)c(NC(=O)c2ccc(OC)cc2)c1. The molecule has 0 radical (unpaired) electrons. The van der Waals surface area contributed by atoms with Crippen LogP contribution in [0.15, 0.2) is 47.4 Å². The van der Waals surface area contributed by atoms with E-state index in [1.165, 1.54) is 10.4 Å². The highest BCUT2D eigenvalue weighted by molar-refractivity contribution is 7.89. The van der Waals surface area contributed by atoms with Crippen molar-refractivity contribution >= 4 is 21.6 Å². The van der Waals surface area contributed by atoms with Gasteiger partial charge in [-0.05, 0) is 48.9 Å². The molecule has 0 bridgehead atoms. The molecular formula is C19H24N2O4S. The number of hydrogen-bond acceptors (Lipinski definition) is 4. The van der Waals surface area contributed by atoms with Crippen molar-refractivity contribution < 1.29 is 17.9 Å². The summed E-state index contributed by atoms with van der Waals surface area (Å²) in [6.45, 7) is 6.18. The molecule has 2 aromatic carbocycles. The zero-order chi connectivity index (χ0) is 19.3. The predicted octanol–water partition coefficient (Wildman–Crippen LogP) is 3.29. The van der Waals surface area contributed by atoms with Gasteiger partial charge in [0.05, 0.1) is 12.0 Å². The third-order valence-electron chi connectivity index (χ3n) is 4.15. The number of anilines is 1. The van der Waals surface area contributed by atoms with Gasteiger partial charge in [0.25, 0.3) is 5.91 Å².